The average Bonchev–Trinajstić information content (AvgIpc) is 2.46. The van der Waals surface area contributed by atoms with E-state index in [0.717, 1.165) is 29.3 Å². The standard InChI is InChI=1S/C17H21NO2/c1-13(2)20-16-10-8-15(9-11-16)18-12-14-6-4-5-7-17(14)19-3/h4-11,13,18H,12H2,1-3H3. The lowest BCUT2D eigenvalue weighted by atomic mass is 10.2. The smallest absolute Gasteiger partial charge is 0.123 e. The Morgan fingerprint density at radius 3 is 2.35 bits per heavy atom. The van der Waals surface area contributed by atoms with Crippen LogP contribution in [0.1, 0.15) is 19.4 Å². The molecule has 0 saturated carbocycles. The summed E-state index contributed by atoms with van der Waals surface area (Å²) >= 11 is 0. The van der Waals surface area contributed by atoms with Crippen LogP contribution >= 0.6 is 0 Å². The maximum absolute atomic E-state index is 5.62. The Morgan fingerprint density at radius 2 is 1.70 bits per heavy atom. The van der Waals surface area contributed by atoms with E-state index in [1.807, 2.05) is 56.3 Å². The molecule has 0 radical (unpaired) electrons. The fourth-order valence-electron chi connectivity index (χ4n) is 1.97. The molecule has 2 aromatic rings. The summed E-state index contributed by atoms with van der Waals surface area (Å²) in [5.74, 6) is 1.79. The minimum Gasteiger partial charge on any atom is -0.496 e. The van der Waals surface area contributed by atoms with E-state index in [-0.39, 0.29) is 6.10 Å². The van der Waals surface area contributed by atoms with Gasteiger partial charge in [-0.2, -0.15) is 0 Å². The third-order valence-electron chi connectivity index (χ3n) is 2.90. The number of ether oxygens (including phenoxy) is 2. The van der Waals surface area contributed by atoms with Crippen LogP contribution in [0.5, 0.6) is 11.5 Å². The van der Waals surface area contributed by atoms with Gasteiger partial charge in [-0.3, -0.25) is 0 Å². The van der Waals surface area contributed by atoms with Crippen LogP contribution in [-0.2, 0) is 6.54 Å². The quantitative estimate of drug-likeness (QED) is 0.858. The second kappa shape index (κ2) is 6.85. The number of hydrogen-bond acceptors (Lipinski definition) is 3. The van der Waals surface area contributed by atoms with E-state index in [2.05, 4.69) is 11.4 Å². The fraction of sp³-hybridized carbons (Fsp3) is 0.294. The van der Waals surface area contributed by atoms with Crippen molar-refractivity contribution in [3.63, 3.8) is 0 Å². The van der Waals surface area contributed by atoms with Crippen LogP contribution in [0.3, 0.4) is 0 Å². The number of rotatable bonds is 6. The number of benzene rings is 2. The second-order valence-electron chi connectivity index (χ2n) is 4.86. The molecular formula is C17H21NO2. The monoisotopic (exact) mass is 271 g/mol. The molecule has 20 heavy (non-hydrogen) atoms. The van der Waals surface area contributed by atoms with Gasteiger partial charge in [-0.1, -0.05) is 18.2 Å². The predicted molar refractivity (Wildman–Crippen MR) is 82.5 cm³/mol. The first kappa shape index (κ1) is 14.3. The normalized spacial score (nSPS) is 10.4. The molecule has 0 bridgehead atoms. The summed E-state index contributed by atoms with van der Waals surface area (Å²) in [6.07, 6.45) is 0.197. The highest BCUT2D eigenvalue weighted by Crippen LogP contribution is 2.21. The Labute approximate surface area is 120 Å². The molecule has 3 nitrogen and oxygen atoms in total. The molecule has 0 atom stereocenters. The van der Waals surface area contributed by atoms with Gasteiger partial charge < -0.3 is 14.8 Å². The maximum Gasteiger partial charge on any atom is 0.123 e. The van der Waals surface area contributed by atoms with Crippen LogP contribution in [0.4, 0.5) is 5.69 Å². The molecule has 106 valence electrons. The van der Waals surface area contributed by atoms with Crippen LogP contribution in [0.2, 0.25) is 0 Å². The van der Waals surface area contributed by atoms with Gasteiger partial charge in [-0.05, 0) is 44.2 Å². The van der Waals surface area contributed by atoms with Crippen LogP contribution in [-0.4, -0.2) is 13.2 Å². The van der Waals surface area contributed by atoms with Crippen molar-refractivity contribution in [2.24, 2.45) is 0 Å². The van der Waals surface area contributed by atoms with Crippen LogP contribution in [0.15, 0.2) is 48.5 Å². The maximum atomic E-state index is 5.62. The van der Waals surface area contributed by atoms with E-state index < -0.39 is 0 Å². The van der Waals surface area contributed by atoms with Crippen molar-refractivity contribution in [1.29, 1.82) is 0 Å². The van der Waals surface area contributed by atoms with E-state index >= 15 is 0 Å². The van der Waals surface area contributed by atoms with Crippen molar-refractivity contribution >= 4 is 5.69 Å². The van der Waals surface area contributed by atoms with Crippen LogP contribution in [0.25, 0.3) is 0 Å². The number of anilines is 1. The molecule has 0 aliphatic rings. The van der Waals surface area contributed by atoms with E-state index in [1.165, 1.54) is 0 Å². The number of methoxy groups -OCH3 is 1. The number of hydrogen-bond donors (Lipinski definition) is 1. The van der Waals surface area contributed by atoms with Crippen molar-refractivity contribution in [1.82, 2.24) is 0 Å². The van der Waals surface area contributed by atoms with Crippen molar-refractivity contribution in [2.75, 3.05) is 12.4 Å². The molecule has 1 N–H and O–H groups in total. The SMILES string of the molecule is COc1ccccc1CNc1ccc(OC(C)C)cc1. The van der Waals surface area contributed by atoms with Crippen LogP contribution in [0, 0.1) is 0 Å². The van der Waals surface area contributed by atoms with Crippen LogP contribution < -0.4 is 14.8 Å². The lowest BCUT2D eigenvalue weighted by Crippen LogP contribution is -2.05. The molecule has 0 aromatic heterocycles. The minimum atomic E-state index is 0.197. The molecule has 0 heterocycles. The molecular weight excluding hydrogens is 250 g/mol. The first-order valence-corrected chi connectivity index (χ1v) is 6.81. The topological polar surface area (TPSA) is 30.5 Å². The first-order valence-electron chi connectivity index (χ1n) is 6.81. The molecule has 0 spiro atoms. The number of para-hydroxylation sites is 1. The van der Waals surface area contributed by atoms with Gasteiger partial charge in [0.25, 0.3) is 0 Å². The Balaban J connectivity index is 1.97. The molecule has 0 fully saturated rings. The molecule has 2 rings (SSSR count). The average molecular weight is 271 g/mol. The predicted octanol–water partition coefficient (Wildman–Crippen LogP) is 4.09. The summed E-state index contributed by atoms with van der Waals surface area (Å²) in [5.41, 5.74) is 2.20. The van der Waals surface area contributed by atoms with E-state index in [1.54, 1.807) is 7.11 Å². The zero-order valence-corrected chi connectivity index (χ0v) is 12.2. The Kier molecular flexibility index (Phi) is 4.88. The van der Waals surface area contributed by atoms with Gasteiger partial charge >= 0.3 is 0 Å². The summed E-state index contributed by atoms with van der Waals surface area (Å²) in [4.78, 5) is 0. The summed E-state index contributed by atoms with van der Waals surface area (Å²) in [5, 5.41) is 3.38. The lowest BCUT2D eigenvalue weighted by molar-refractivity contribution is 0.242. The third kappa shape index (κ3) is 3.92. The highest BCUT2D eigenvalue weighted by molar-refractivity contribution is 5.47. The van der Waals surface area contributed by atoms with Gasteiger partial charge in [-0.25, -0.2) is 0 Å². The molecule has 0 aliphatic heterocycles. The molecule has 0 unspecified atom stereocenters. The Morgan fingerprint density at radius 1 is 1.00 bits per heavy atom. The van der Waals surface area contributed by atoms with Gasteiger partial charge in [0.1, 0.15) is 11.5 Å². The highest BCUT2D eigenvalue weighted by Gasteiger charge is 2.02. The highest BCUT2D eigenvalue weighted by atomic mass is 16.5. The largest absolute Gasteiger partial charge is 0.496 e. The first-order chi connectivity index (χ1) is 9.69. The zero-order chi connectivity index (χ0) is 14.4. The van der Waals surface area contributed by atoms with Gasteiger partial charge in [-0.15, -0.1) is 0 Å². The van der Waals surface area contributed by atoms with Gasteiger partial charge in [0.05, 0.1) is 13.2 Å². The molecule has 3 heteroatoms. The Hall–Kier alpha value is -2.16. The summed E-state index contributed by atoms with van der Waals surface area (Å²) < 4.78 is 11.0. The lowest BCUT2D eigenvalue weighted by Gasteiger charge is -2.12. The fourth-order valence-corrected chi connectivity index (χ4v) is 1.97. The van der Waals surface area contributed by atoms with Gasteiger partial charge in [0, 0.05) is 17.8 Å². The third-order valence-corrected chi connectivity index (χ3v) is 2.90. The Bertz CT molecular complexity index is 535. The van der Waals surface area contributed by atoms with Crippen molar-refractivity contribution in [3.8, 4) is 11.5 Å². The molecule has 2 aromatic carbocycles. The molecule has 0 aliphatic carbocycles. The molecule has 0 saturated heterocycles. The van der Waals surface area contributed by atoms with E-state index in [0.29, 0.717) is 0 Å². The summed E-state index contributed by atoms with van der Waals surface area (Å²) in [6.45, 7) is 4.77. The van der Waals surface area contributed by atoms with Gasteiger partial charge in [0.15, 0.2) is 0 Å². The van der Waals surface area contributed by atoms with Crippen molar-refractivity contribution < 1.29 is 9.47 Å². The summed E-state index contributed by atoms with van der Waals surface area (Å²) in [7, 11) is 1.69. The summed E-state index contributed by atoms with van der Waals surface area (Å²) in [6, 6.07) is 16.0. The van der Waals surface area contributed by atoms with E-state index in [4.69, 9.17) is 9.47 Å². The second-order valence-corrected chi connectivity index (χ2v) is 4.86. The van der Waals surface area contributed by atoms with Crippen molar-refractivity contribution in [2.45, 2.75) is 26.5 Å². The van der Waals surface area contributed by atoms with Crippen molar-refractivity contribution in [3.05, 3.63) is 54.1 Å². The minimum absolute atomic E-state index is 0.197. The van der Waals surface area contributed by atoms with E-state index in [9.17, 15) is 0 Å². The zero-order valence-electron chi connectivity index (χ0n) is 12.2. The van der Waals surface area contributed by atoms with Gasteiger partial charge in [0.2, 0.25) is 0 Å². The number of nitrogens with one attached hydrogen (secondary N) is 1. The molecule has 0 amide bonds.